The number of allylic oxidation sites excluding steroid dienone is 1. The molecule has 0 atom stereocenters. The van der Waals surface area contributed by atoms with Crippen LogP contribution in [0.5, 0.6) is 0 Å². The van der Waals surface area contributed by atoms with E-state index in [1.807, 2.05) is 38.1 Å². The maximum absolute atomic E-state index is 12.6. The van der Waals surface area contributed by atoms with Crippen molar-refractivity contribution >= 4 is 17.8 Å². The van der Waals surface area contributed by atoms with Gasteiger partial charge < -0.3 is 9.72 Å². The van der Waals surface area contributed by atoms with Gasteiger partial charge in [0.15, 0.2) is 5.78 Å². The predicted octanol–water partition coefficient (Wildman–Crippen LogP) is 4.32. The Bertz CT molecular complexity index is 813. The van der Waals surface area contributed by atoms with Gasteiger partial charge >= 0.3 is 5.97 Å². The largest absolute Gasteiger partial charge is 0.461 e. The number of aromatic amines is 1. The first-order valence-electron chi connectivity index (χ1n) is 8.01. The minimum absolute atomic E-state index is 0.127. The summed E-state index contributed by atoms with van der Waals surface area (Å²) in [6, 6.07) is 6.12. The quantitative estimate of drug-likeness (QED) is 0.506. The number of carbonyl (C=O) groups is 2. The van der Waals surface area contributed by atoms with E-state index in [0.29, 0.717) is 29.1 Å². The van der Waals surface area contributed by atoms with E-state index in [0.717, 1.165) is 16.7 Å². The van der Waals surface area contributed by atoms with Gasteiger partial charge in [-0.15, -0.1) is 0 Å². The van der Waals surface area contributed by atoms with Crippen LogP contribution in [0.2, 0.25) is 0 Å². The van der Waals surface area contributed by atoms with Crippen molar-refractivity contribution in [1.82, 2.24) is 4.98 Å². The molecule has 4 nitrogen and oxygen atoms in total. The number of H-pyrrole nitrogens is 1. The molecule has 0 saturated carbocycles. The van der Waals surface area contributed by atoms with Crippen molar-refractivity contribution in [1.29, 1.82) is 0 Å². The van der Waals surface area contributed by atoms with Crippen LogP contribution < -0.4 is 0 Å². The van der Waals surface area contributed by atoms with Gasteiger partial charge in [0.05, 0.1) is 6.61 Å². The molecule has 0 aliphatic heterocycles. The Morgan fingerprint density at radius 1 is 1.17 bits per heavy atom. The lowest BCUT2D eigenvalue weighted by Crippen LogP contribution is -2.07. The van der Waals surface area contributed by atoms with Crippen LogP contribution in [-0.2, 0) is 4.74 Å². The van der Waals surface area contributed by atoms with Crippen LogP contribution in [0.1, 0.15) is 55.7 Å². The van der Waals surface area contributed by atoms with Gasteiger partial charge in [0.2, 0.25) is 0 Å². The van der Waals surface area contributed by atoms with E-state index in [4.69, 9.17) is 4.74 Å². The third kappa shape index (κ3) is 3.65. The molecule has 24 heavy (non-hydrogen) atoms. The molecule has 0 aliphatic carbocycles. The minimum atomic E-state index is -0.435. The molecule has 2 aromatic rings. The van der Waals surface area contributed by atoms with Crippen molar-refractivity contribution in [3.05, 3.63) is 63.5 Å². The number of ether oxygens (including phenoxy) is 1. The molecule has 0 spiro atoms. The van der Waals surface area contributed by atoms with Crippen LogP contribution in [-0.4, -0.2) is 23.3 Å². The van der Waals surface area contributed by atoms with Gasteiger partial charge in [-0.25, -0.2) is 4.79 Å². The molecule has 4 heteroatoms. The summed E-state index contributed by atoms with van der Waals surface area (Å²) >= 11 is 0. The molecule has 1 N–H and O–H groups in total. The minimum Gasteiger partial charge on any atom is -0.461 e. The van der Waals surface area contributed by atoms with Crippen LogP contribution in [0.3, 0.4) is 0 Å². The Labute approximate surface area is 142 Å². The highest BCUT2D eigenvalue weighted by atomic mass is 16.5. The SMILES string of the molecule is CCOC(=O)c1[nH]c(C)c(C(=O)/C=C/c2cc(C)ccc2C)c1C. The summed E-state index contributed by atoms with van der Waals surface area (Å²) in [6.07, 6.45) is 3.38. The standard InChI is InChI=1S/C20H23NO3/c1-6-24-20(23)19-14(4)18(15(5)21-19)17(22)10-9-16-11-12(2)7-8-13(16)3/h7-11,21H,6H2,1-5H3/b10-9+. The Morgan fingerprint density at radius 3 is 2.54 bits per heavy atom. The Hall–Kier alpha value is -2.62. The predicted molar refractivity (Wildman–Crippen MR) is 95.5 cm³/mol. The number of aromatic nitrogens is 1. The molecule has 0 bridgehead atoms. The van der Waals surface area contributed by atoms with Crippen molar-refractivity contribution in [2.45, 2.75) is 34.6 Å². The lowest BCUT2D eigenvalue weighted by Gasteiger charge is -2.02. The first kappa shape index (κ1) is 17.7. The first-order valence-corrected chi connectivity index (χ1v) is 8.01. The molecule has 0 saturated heterocycles. The number of rotatable bonds is 5. The number of hydrogen-bond donors (Lipinski definition) is 1. The number of hydrogen-bond acceptors (Lipinski definition) is 3. The van der Waals surface area contributed by atoms with Gasteiger partial charge in [-0.1, -0.05) is 29.8 Å². The molecule has 1 aromatic heterocycles. The van der Waals surface area contributed by atoms with E-state index in [2.05, 4.69) is 4.98 Å². The number of benzene rings is 1. The second-order valence-electron chi connectivity index (χ2n) is 5.90. The average Bonchev–Trinajstić information content (AvgIpc) is 2.83. The third-order valence-corrected chi connectivity index (χ3v) is 4.01. The lowest BCUT2D eigenvalue weighted by molar-refractivity contribution is 0.0519. The van der Waals surface area contributed by atoms with E-state index >= 15 is 0 Å². The van der Waals surface area contributed by atoms with Gasteiger partial charge in [-0.2, -0.15) is 0 Å². The third-order valence-electron chi connectivity index (χ3n) is 4.01. The van der Waals surface area contributed by atoms with Gasteiger partial charge in [0.1, 0.15) is 5.69 Å². The maximum atomic E-state index is 12.6. The van der Waals surface area contributed by atoms with Crippen LogP contribution in [0.4, 0.5) is 0 Å². The highest BCUT2D eigenvalue weighted by Gasteiger charge is 2.21. The lowest BCUT2D eigenvalue weighted by atomic mass is 10.0. The van der Waals surface area contributed by atoms with Crippen LogP contribution in [0, 0.1) is 27.7 Å². The molecule has 0 unspecified atom stereocenters. The molecule has 0 fully saturated rings. The average molecular weight is 325 g/mol. The Kier molecular flexibility index (Phi) is 5.39. The number of esters is 1. The summed E-state index contributed by atoms with van der Waals surface area (Å²) < 4.78 is 5.02. The maximum Gasteiger partial charge on any atom is 0.355 e. The molecule has 1 aromatic carbocycles. The summed E-state index contributed by atoms with van der Waals surface area (Å²) in [4.78, 5) is 27.5. The Balaban J connectivity index is 2.32. The van der Waals surface area contributed by atoms with Crippen molar-refractivity contribution in [3.63, 3.8) is 0 Å². The zero-order valence-electron chi connectivity index (χ0n) is 14.8. The van der Waals surface area contributed by atoms with E-state index in [1.165, 1.54) is 0 Å². The van der Waals surface area contributed by atoms with Gasteiger partial charge in [-0.3, -0.25) is 4.79 Å². The van der Waals surface area contributed by atoms with Crippen LogP contribution in [0.15, 0.2) is 24.3 Å². The zero-order valence-corrected chi connectivity index (χ0v) is 14.8. The summed E-state index contributed by atoms with van der Waals surface area (Å²) in [7, 11) is 0. The second-order valence-corrected chi connectivity index (χ2v) is 5.90. The monoisotopic (exact) mass is 325 g/mol. The summed E-state index contributed by atoms with van der Waals surface area (Å²) in [5.41, 5.74) is 5.44. The fraction of sp³-hybridized carbons (Fsp3) is 0.300. The molecule has 0 aliphatic rings. The van der Waals surface area contributed by atoms with Gasteiger partial charge in [0.25, 0.3) is 0 Å². The molecule has 1 heterocycles. The number of carbonyl (C=O) groups excluding carboxylic acids is 2. The number of aryl methyl sites for hydroxylation is 3. The van der Waals surface area contributed by atoms with E-state index in [9.17, 15) is 9.59 Å². The van der Waals surface area contributed by atoms with Crippen molar-refractivity contribution in [3.8, 4) is 0 Å². The fourth-order valence-electron chi connectivity index (χ4n) is 2.72. The van der Waals surface area contributed by atoms with Gasteiger partial charge in [-0.05, 0) is 57.4 Å². The molecule has 0 amide bonds. The number of nitrogens with one attached hydrogen (secondary N) is 1. The molecule has 0 radical (unpaired) electrons. The van der Waals surface area contributed by atoms with Crippen molar-refractivity contribution < 1.29 is 14.3 Å². The van der Waals surface area contributed by atoms with E-state index in [1.54, 1.807) is 26.8 Å². The topological polar surface area (TPSA) is 59.2 Å². The number of ketones is 1. The molecule has 126 valence electrons. The fourth-order valence-corrected chi connectivity index (χ4v) is 2.72. The summed E-state index contributed by atoms with van der Waals surface area (Å²) in [5, 5.41) is 0. The summed E-state index contributed by atoms with van der Waals surface area (Å²) in [5.74, 6) is -0.562. The highest BCUT2D eigenvalue weighted by Crippen LogP contribution is 2.21. The summed E-state index contributed by atoms with van der Waals surface area (Å²) in [6.45, 7) is 9.62. The molecular weight excluding hydrogens is 302 g/mol. The van der Waals surface area contributed by atoms with Crippen molar-refractivity contribution in [2.75, 3.05) is 6.61 Å². The second kappa shape index (κ2) is 7.30. The Morgan fingerprint density at radius 2 is 1.88 bits per heavy atom. The zero-order chi connectivity index (χ0) is 17.9. The molecular formula is C20H23NO3. The normalized spacial score (nSPS) is 11.0. The van der Waals surface area contributed by atoms with Gasteiger partial charge in [0, 0.05) is 11.3 Å². The first-order chi connectivity index (χ1) is 11.3. The van der Waals surface area contributed by atoms with Crippen molar-refractivity contribution in [2.24, 2.45) is 0 Å². The smallest absolute Gasteiger partial charge is 0.355 e. The van der Waals surface area contributed by atoms with Crippen LogP contribution in [0.25, 0.3) is 6.08 Å². The van der Waals surface area contributed by atoms with Crippen LogP contribution >= 0.6 is 0 Å². The van der Waals surface area contributed by atoms with E-state index < -0.39 is 5.97 Å². The van der Waals surface area contributed by atoms with E-state index in [-0.39, 0.29) is 5.78 Å². The molecule has 2 rings (SSSR count). The highest BCUT2D eigenvalue weighted by molar-refractivity contribution is 6.10.